The molecule has 6 nitrogen and oxygen atoms in total. The van der Waals surface area contributed by atoms with Crippen LogP contribution < -0.4 is 5.32 Å². The first-order valence-corrected chi connectivity index (χ1v) is 8.42. The van der Waals surface area contributed by atoms with Crippen LogP contribution in [-0.2, 0) is 19.0 Å². The number of halogens is 2. The molecule has 8 heteroatoms. The molecule has 1 aliphatic rings. The highest BCUT2D eigenvalue weighted by Crippen LogP contribution is 2.48. The van der Waals surface area contributed by atoms with E-state index in [1.54, 1.807) is 18.1 Å². The third kappa shape index (κ3) is 4.63. The van der Waals surface area contributed by atoms with Gasteiger partial charge in [0.25, 0.3) is 0 Å². The van der Waals surface area contributed by atoms with Crippen LogP contribution in [0, 0.1) is 0 Å². The van der Waals surface area contributed by atoms with Crippen LogP contribution in [0.2, 0.25) is 5.02 Å². The number of hydrogen-bond acceptors (Lipinski definition) is 3. The molecule has 3 rings (SSSR count). The van der Waals surface area contributed by atoms with Crippen molar-refractivity contribution in [3.8, 4) is 0 Å². The van der Waals surface area contributed by atoms with Gasteiger partial charge in [0.15, 0.2) is 5.96 Å². The summed E-state index contributed by atoms with van der Waals surface area (Å²) in [7, 11) is 5.70. The molecule has 1 fully saturated rings. The van der Waals surface area contributed by atoms with Crippen molar-refractivity contribution in [3.63, 3.8) is 0 Å². The molecule has 0 unspecified atom stereocenters. The average molecular weight is 475 g/mol. The fourth-order valence-corrected chi connectivity index (χ4v) is 3.11. The minimum atomic E-state index is 0. The SMILES string of the molecule is CN=C(NCC1(c2cccc(Cl)c2)CC1)N(C)Cc1ncnn1C.I. The lowest BCUT2D eigenvalue weighted by Gasteiger charge is -2.24. The molecule has 1 aliphatic carbocycles. The minimum absolute atomic E-state index is 0. The van der Waals surface area contributed by atoms with Crippen molar-refractivity contribution in [1.82, 2.24) is 25.0 Å². The van der Waals surface area contributed by atoms with E-state index in [9.17, 15) is 0 Å². The quantitative estimate of drug-likeness (QED) is 0.411. The number of benzene rings is 1. The van der Waals surface area contributed by atoms with Crippen LogP contribution in [0.1, 0.15) is 24.2 Å². The van der Waals surface area contributed by atoms with Crippen molar-refractivity contribution in [2.45, 2.75) is 24.8 Å². The lowest BCUT2D eigenvalue weighted by Crippen LogP contribution is -2.42. The van der Waals surface area contributed by atoms with E-state index in [1.165, 1.54) is 18.4 Å². The molecule has 0 atom stereocenters. The van der Waals surface area contributed by atoms with Gasteiger partial charge in [-0.2, -0.15) is 5.10 Å². The molecule has 2 aromatic rings. The van der Waals surface area contributed by atoms with E-state index in [0.717, 1.165) is 23.4 Å². The Morgan fingerprint density at radius 3 is 2.76 bits per heavy atom. The van der Waals surface area contributed by atoms with Crippen LogP contribution in [0.4, 0.5) is 0 Å². The summed E-state index contributed by atoms with van der Waals surface area (Å²) in [5, 5.41) is 8.40. The van der Waals surface area contributed by atoms with Gasteiger partial charge in [0.2, 0.25) is 0 Å². The van der Waals surface area contributed by atoms with E-state index in [2.05, 4.69) is 37.4 Å². The van der Waals surface area contributed by atoms with Gasteiger partial charge < -0.3 is 10.2 Å². The van der Waals surface area contributed by atoms with Crippen LogP contribution in [0.3, 0.4) is 0 Å². The van der Waals surface area contributed by atoms with Gasteiger partial charge in [-0.1, -0.05) is 23.7 Å². The maximum Gasteiger partial charge on any atom is 0.193 e. The molecule has 1 N–H and O–H groups in total. The van der Waals surface area contributed by atoms with E-state index in [4.69, 9.17) is 11.6 Å². The molecule has 0 radical (unpaired) electrons. The zero-order valence-corrected chi connectivity index (χ0v) is 17.8. The topological polar surface area (TPSA) is 58.3 Å². The largest absolute Gasteiger partial charge is 0.355 e. The van der Waals surface area contributed by atoms with E-state index in [-0.39, 0.29) is 29.4 Å². The van der Waals surface area contributed by atoms with Crippen LogP contribution in [0.25, 0.3) is 0 Å². The smallest absolute Gasteiger partial charge is 0.193 e. The Labute approximate surface area is 170 Å². The summed E-state index contributed by atoms with van der Waals surface area (Å²) in [6.45, 7) is 1.50. The van der Waals surface area contributed by atoms with E-state index in [0.29, 0.717) is 6.54 Å². The van der Waals surface area contributed by atoms with Gasteiger partial charge in [0.1, 0.15) is 12.2 Å². The Hall–Kier alpha value is -1.35. The molecule has 25 heavy (non-hydrogen) atoms. The average Bonchev–Trinajstić information content (AvgIpc) is 3.26. The summed E-state index contributed by atoms with van der Waals surface area (Å²) in [5.74, 6) is 1.75. The highest BCUT2D eigenvalue weighted by Gasteiger charge is 2.44. The number of nitrogens with one attached hydrogen (secondary N) is 1. The molecule has 0 aliphatic heterocycles. The maximum atomic E-state index is 6.15. The number of nitrogens with zero attached hydrogens (tertiary/aromatic N) is 5. The summed E-state index contributed by atoms with van der Waals surface area (Å²) >= 11 is 6.15. The third-order valence-electron chi connectivity index (χ3n) is 4.63. The highest BCUT2D eigenvalue weighted by atomic mass is 127. The van der Waals surface area contributed by atoms with Crippen molar-refractivity contribution in [2.75, 3.05) is 20.6 Å². The van der Waals surface area contributed by atoms with Gasteiger partial charge in [-0.25, -0.2) is 4.98 Å². The molecule has 0 saturated heterocycles. The first kappa shape index (κ1) is 20.0. The Bertz CT molecular complexity index is 740. The molecule has 0 spiro atoms. The summed E-state index contributed by atoms with van der Waals surface area (Å²) in [5.41, 5.74) is 1.47. The van der Waals surface area contributed by atoms with Crippen molar-refractivity contribution < 1.29 is 0 Å². The van der Waals surface area contributed by atoms with Crippen molar-refractivity contribution in [2.24, 2.45) is 12.0 Å². The van der Waals surface area contributed by atoms with Gasteiger partial charge in [0, 0.05) is 38.1 Å². The molecule has 1 heterocycles. The molecule has 136 valence electrons. The monoisotopic (exact) mass is 474 g/mol. The van der Waals surface area contributed by atoms with Gasteiger partial charge in [-0.3, -0.25) is 9.67 Å². The van der Waals surface area contributed by atoms with E-state index >= 15 is 0 Å². The lowest BCUT2D eigenvalue weighted by molar-refractivity contribution is 0.444. The minimum Gasteiger partial charge on any atom is -0.355 e. The molecule has 1 saturated carbocycles. The molecular formula is C17H24ClIN6. The summed E-state index contributed by atoms with van der Waals surface area (Å²) < 4.78 is 1.78. The second-order valence-electron chi connectivity index (χ2n) is 6.35. The predicted octanol–water partition coefficient (Wildman–Crippen LogP) is 2.83. The van der Waals surface area contributed by atoms with Crippen LogP contribution in [0.5, 0.6) is 0 Å². The molecule has 1 aromatic carbocycles. The first-order valence-electron chi connectivity index (χ1n) is 8.05. The zero-order valence-electron chi connectivity index (χ0n) is 14.7. The number of aryl methyl sites for hydroxylation is 1. The molecule has 0 bridgehead atoms. The number of rotatable bonds is 5. The summed E-state index contributed by atoms with van der Waals surface area (Å²) in [4.78, 5) is 10.7. The fourth-order valence-electron chi connectivity index (χ4n) is 2.92. The van der Waals surface area contributed by atoms with Gasteiger partial charge in [0.05, 0.1) is 6.54 Å². The van der Waals surface area contributed by atoms with Crippen molar-refractivity contribution in [3.05, 3.63) is 47.0 Å². The van der Waals surface area contributed by atoms with Crippen molar-refractivity contribution >= 4 is 41.5 Å². The van der Waals surface area contributed by atoms with E-state index in [1.807, 2.05) is 26.2 Å². The van der Waals surface area contributed by atoms with Gasteiger partial charge >= 0.3 is 0 Å². The fraction of sp³-hybridized carbons (Fsp3) is 0.471. The molecule has 1 aromatic heterocycles. The van der Waals surface area contributed by atoms with E-state index < -0.39 is 0 Å². The van der Waals surface area contributed by atoms with Crippen molar-refractivity contribution in [1.29, 1.82) is 0 Å². The standard InChI is InChI=1S/C17H23ClN6.HI/c1-19-16(23(2)10-15-21-12-22-24(15)3)20-11-17(7-8-17)13-5-4-6-14(18)9-13;/h4-6,9,12H,7-8,10-11H2,1-3H3,(H,19,20);1H. The molecule has 0 amide bonds. The molecular weight excluding hydrogens is 451 g/mol. The zero-order chi connectivity index (χ0) is 17.2. The Morgan fingerprint density at radius 1 is 1.44 bits per heavy atom. The van der Waals surface area contributed by atoms with Gasteiger partial charge in [-0.15, -0.1) is 24.0 Å². The Kier molecular flexibility index (Phi) is 6.67. The van der Waals surface area contributed by atoms with Crippen LogP contribution >= 0.6 is 35.6 Å². The van der Waals surface area contributed by atoms with Crippen LogP contribution in [-0.4, -0.2) is 46.3 Å². The summed E-state index contributed by atoms with van der Waals surface area (Å²) in [6.07, 6.45) is 3.91. The van der Waals surface area contributed by atoms with Gasteiger partial charge in [-0.05, 0) is 30.5 Å². The Balaban J connectivity index is 0.00000225. The summed E-state index contributed by atoms with van der Waals surface area (Å²) in [6, 6.07) is 8.17. The second kappa shape index (κ2) is 8.35. The number of aromatic nitrogens is 3. The predicted molar refractivity (Wildman–Crippen MR) is 112 cm³/mol. The second-order valence-corrected chi connectivity index (χ2v) is 6.78. The number of guanidine groups is 1. The normalized spacial score (nSPS) is 15.4. The van der Waals surface area contributed by atoms with Crippen LogP contribution in [0.15, 0.2) is 35.6 Å². The maximum absolute atomic E-state index is 6.15. The Morgan fingerprint density at radius 2 is 2.20 bits per heavy atom. The third-order valence-corrected chi connectivity index (χ3v) is 4.87. The number of aliphatic imine (C=N–C) groups is 1. The lowest BCUT2D eigenvalue weighted by atomic mass is 9.96. The first-order chi connectivity index (χ1) is 11.5. The highest BCUT2D eigenvalue weighted by molar-refractivity contribution is 14.0. The number of hydrogen-bond donors (Lipinski definition) is 1.